The van der Waals surface area contributed by atoms with Gasteiger partial charge in [-0.15, -0.1) is 0 Å². The summed E-state index contributed by atoms with van der Waals surface area (Å²) in [6, 6.07) is 0. The zero-order chi connectivity index (χ0) is 18.0. The van der Waals surface area contributed by atoms with E-state index >= 15 is 0 Å². The monoisotopic (exact) mass is 1010 g/mol. The molecule has 0 atom stereocenters. The van der Waals surface area contributed by atoms with Gasteiger partial charge in [0.25, 0.3) is 0 Å². The first-order chi connectivity index (χ1) is 9.37. The minimum absolute atomic E-state index is 0. The maximum absolute atomic E-state index is 2.22. The molecule has 0 rings (SSSR count). The van der Waals surface area contributed by atoms with Crippen LogP contribution in [0.25, 0.3) is 0 Å². The zero-order valence-corrected chi connectivity index (χ0v) is 28.5. The van der Waals surface area contributed by atoms with Crippen LogP contribution >= 0.6 is 0 Å². The van der Waals surface area contributed by atoms with Crippen LogP contribution in [0.2, 0.25) is 0 Å². The number of rotatable bonds is 2. The van der Waals surface area contributed by atoms with Gasteiger partial charge in [-0.1, -0.05) is 182 Å². The smallest absolute Gasteiger partial charge is 0 e. The molecule has 0 aliphatic rings. The Hall–Kier alpha value is 7.68. The van der Waals surface area contributed by atoms with Crippen LogP contribution in [-0.2, 0) is 42.1 Å². The second kappa shape index (κ2) is 221. The third-order valence-electron chi connectivity index (χ3n) is 1.63. The van der Waals surface area contributed by atoms with Crippen molar-refractivity contribution in [2.24, 2.45) is 11.8 Å². The first kappa shape index (κ1) is 158. The number of hydrogen-bond acceptors (Lipinski definition) is 0. The Morgan fingerprint density at radius 1 is 0.343 bits per heavy atom. The van der Waals surface area contributed by atoms with E-state index in [-0.39, 0.29) is 290 Å². The van der Waals surface area contributed by atoms with Crippen molar-refractivity contribution in [1.82, 2.24) is 0 Å². The topological polar surface area (TPSA) is 0 Å². The van der Waals surface area contributed by atoms with Gasteiger partial charge in [-0.05, 0) is 11.8 Å². The molecule has 0 bridgehead atoms. The maximum atomic E-state index is 2.22. The van der Waals surface area contributed by atoms with Crippen molar-refractivity contribution >= 4 is 0 Å². The van der Waals surface area contributed by atoms with Gasteiger partial charge in [-0.3, -0.25) is 0 Å². The van der Waals surface area contributed by atoms with E-state index in [1.165, 1.54) is 25.7 Å². The van der Waals surface area contributed by atoms with Crippen LogP contribution in [0.1, 0.15) is 182 Å². The quantitative estimate of drug-likeness (QED) is 0.259. The fourth-order valence-electron chi connectivity index (χ4n) is 0. The van der Waals surface area contributed by atoms with Gasteiger partial charge in [0, 0.05) is 231 Å². The molecule has 35 heavy (non-hydrogen) atoms. The molecule has 256 valence electrons. The SMILES string of the molecule is C.C.C.C.C.C.C.C.CC.CC.CCC.CCC.CCC(C)C.CCC(C)C.[Ar].[Ar].[Ar].[Ar].[Ar].[Pt].[Pt]. The van der Waals surface area contributed by atoms with Crippen molar-refractivity contribution < 1.29 is 231 Å². The third kappa shape index (κ3) is 481. The molecule has 0 spiro atoms. The van der Waals surface area contributed by atoms with Gasteiger partial charge in [-0.25, -0.2) is 0 Å². The van der Waals surface area contributed by atoms with Crippen molar-refractivity contribution in [1.29, 1.82) is 0 Å². The fraction of sp³-hybridized carbons (Fsp3) is 1.00. The molecule has 0 nitrogen and oxygen atoms in total. The maximum Gasteiger partial charge on any atom is 0 e. The summed E-state index contributed by atoms with van der Waals surface area (Å²) in [7, 11) is 0. The van der Waals surface area contributed by atoms with Crippen molar-refractivity contribution in [3.05, 3.63) is 0 Å². The standard InChI is InChI=1S/2C5H12.2C3H8.2C2H6.8CH4.5Ar.2Pt/c2*1-4-5(2)3;2*1-3-2;2*1-2;;;;;;;;;;;;;;;/h2*5H,4H2,1-3H3;2*3H2,1-2H3;2*1-2H3;8*1H4;;;;;;;. The van der Waals surface area contributed by atoms with Crippen molar-refractivity contribution in [2.75, 3.05) is 0 Å². The van der Waals surface area contributed by atoms with Gasteiger partial charge in [0.15, 0.2) is 0 Å². The largest absolute Gasteiger partial charge is 0.0776 e. The second-order valence-corrected chi connectivity index (χ2v) is 5.02. The van der Waals surface area contributed by atoms with Gasteiger partial charge in [0.1, 0.15) is 0 Å². The molecule has 0 N–H and O–H groups in total. The summed E-state index contributed by atoms with van der Waals surface area (Å²) < 4.78 is 0. The molecular formula is C28H84Ar5Pt2. The predicted octanol–water partition coefficient (Wildman–Crippen LogP) is 14.1. The van der Waals surface area contributed by atoms with Crippen molar-refractivity contribution in [2.45, 2.75) is 182 Å². The Kier molecular flexibility index (Phi) is 995. The van der Waals surface area contributed by atoms with E-state index in [4.69, 9.17) is 0 Å². The van der Waals surface area contributed by atoms with Crippen LogP contribution in [-0.4, -0.2) is 0 Å². The predicted molar refractivity (Wildman–Crippen MR) is 159 cm³/mol. The van der Waals surface area contributed by atoms with Gasteiger partial charge >= 0.3 is 0 Å². The Bertz CT molecular complexity index is 83.7. The van der Waals surface area contributed by atoms with E-state index in [0.717, 1.165) is 11.8 Å². The molecule has 0 heterocycles. The fourth-order valence-corrected chi connectivity index (χ4v) is 0. The molecule has 0 aliphatic carbocycles. The molecular weight excluding hydrogens is 926 g/mol. The van der Waals surface area contributed by atoms with Gasteiger partial charge < -0.3 is 0 Å². The molecule has 0 fully saturated rings. The Morgan fingerprint density at radius 2 is 0.371 bits per heavy atom. The molecule has 0 aromatic rings. The van der Waals surface area contributed by atoms with Gasteiger partial charge in [0.05, 0.1) is 0 Å². The van der Waals surface area contributed by atoms with E-state index in [0.29, 0.717) is 0 Å². The molecule has 0 aromatic heterocycles. The minimum Gasteiger partial charge on any atom is -0.0776 e. The first-order valence-electron chi connectivity index (χ1n) is 9.37. The van der Waals surface area contributed by atoms with Crippen LogP contribution in [0.4, 0.5) is 0 Å². The van der Waals surface area contributed by atoms with Gasteiger partial charge in [0.2, 0.25) is 0 Å². The second-order valence-electron chi connectivity index (χ2n) is 5.02. The van der Waals surface area contributed by atoms with Crippen molar-refractivity contribution in [3.8, 4) is 0 Å². The van der Waals surface area contributed by atoms with Crippen LogP contribution in [0.3, 0.4) is 0 Å². The minimum atomic E-state index is 0. The summed E-state index contributed by atoms with van der Waals surface area (Å²) in [5.41, 5.74) is 0. The molecule has 0 saturated heterocycles. The zero-order valence-electron chi connectivity index (χ0n) is 20.4. The van der Waals surface area contributed by atoms with E-state index in [1.54, 1.807) is 0 Å². The van der Waals surface area contributed by atoms with Crippen LogP contribution < -0.4 is 0 Å². The molecule has 0 radical (unpaired) electrons. The summed E-state index contributed by atoms with van der Waals surface area (Å²) in [4.78, 5) is 0. The van der Waals surface area contributed by atoms with Crippen LogP contribution in [0.15, 0.2) is 0 Å². The van der Waals surface area contributed by atoms with E-state index in [1.807, 2.05) is 27.7 Å². The molecule has 7 heteroatoms. The molecule has 0 aromatic carbocycles. The average molecular weight is 1010 g/mol. The Morgan fingerprint density at radius 3 is 0.371 bits per heavy atom. The summed E-state index contributed by atoms with van der Waals surface area (Å²) in [5.74, 6) is 1.77. The Labute approximate surface area is 415 Å². The normalized spacial score (nSPS) is 4.11. The summed E-state index contributed by atoms with van der Waals surface area (Å²) in [6.07, 6.45) is 5.11. The molecule has 0 amide bonds. The summed E-state index contributed by atoms with van der Waals surface area (Å²) in [6.45, 7) is 29.8. The number of hydrogen-bond donors (Lipinski definition) is 0. The van der Waals surface area contributed by atoms with E-state index in [9.17, 15) is 0 Å². The van der Waals surface area contributed by atoms with E-state index < -0.39 is 0 Å². The van der Waals surface area contributed by atoms with Gasteiger partial charge in [-0.2, -0.15) is 0 Å². The molecule has 0 aliphatic heterocycles. The molecule has 0 unspecified atom stereocenters. The summed E-state index contributed by atoms with van der Waals surface area (Å²) in [5, 5.41) is 0. The first-order valence-corrected chi connectivity index (χ1v) is 9.37. The van der Waals surface area contributed by atoms with Crippen molar-refractivity contribution in [3.63, 3.8) is 0 Å². The van der Waals surface area contributed by atoms with E-state index in [2.05, 4.69) is 69.2 Å². The average Bonchev–Trinajstić information content (AvgIpc) is 2.45. The van der Waals surface area contributed by atoms with Crippen LogP contribution in [0, 0.1) is 201 Å². The molecule has 0 saturated carbocycles. The Balaban J connectivity index is -0.00000000333. The summed E-state index contributed by atoms with van der Waals surface area (Å²) >= 11 is 0. The third-order valence-corrected chi connectivity index (χ3v) is 1.63. The van der Waals surface area contributed by atoms with Crippen LogP contribution in [0.5, 0.6) is 0 Å².